The van der Waals surface area contributed by atoms with E-state index in [0.29, 0.717) is 23.3 Å². The van der Waals surface area contributed by atoms with Crippen molar-refractivity contribution in [1.82, 2.24) is 29.1 Å². The van der Waals surface area contributed by atoms with E-state index in [0.717, 1.165) is 31.0 Å². The van der Waals surface area contributed by atoms with Gasteiger partial charge in [0.1, 0.15) is 18.7 Å². The standard InChI is InChI=1S/C24H24ClF3N6O2/c1-14(2)33-11-17(24(26,27)28)30-21(33)16-8-6-15(7-9-16)12-36-22-19-20(31-23(25)32-22)29-13-34(19)18-5-3-4-10-35-18/h6-9,11,13-14,18H,3-5,10,12H2,1-2H3. The summed E-state index contributed by atoms with van der Waals surface area (Å²) in [5.41, 5.74) is 1.46. The van der Waals surface area contributed by atoms with Gasteiger partial charge in [0.25, 0.3) is 0 Å². The van der Waals surface area contributed by atoms with Crippen LogP contribution in [0.4, 0.5) is 13.2 Å². The Morgan fingerprint density at radius 3 is 2.58 bits per heavy atom. The maximum Gasteiger partial charge on any atom is 0.434 e. The number of imidazole rings is 2. The van der Waals surface area contributed by atoms with Gasteiger partial charge < -0.3 is 14.0 Å². The minimum Gasteiger partial charge on any atom is -0.471 e. The Labute approximate surface area is 210 Å². The van der Waals surface area contributed by atoms with Gasteiger partial charge in [0.2, 0.25) is 11.2 Å². The Kier molecular flexibility index (Phi) is 6.60. The van der Waals surface area contributed by atoms with Gasteiger partial charge in [-0.3, -0.25) is 4.57 Å². The first kappa shape index (κ1) is 24.5. The fourth-order valence-corrected chi connectivity index (χ4v) is 4.35. The van der Waals surface area contributed by atoms with E-state index in [1.165, 1.54) is 4.57 Å². The molecule has 3 aromatic heterocycles. The summed E-state index contributed by atoms with van der Waals surface area (Å²) in [6.07, 6.45) is 0.904. The van der Waals surface area contributed by atoms with Crippen molar-refractivity contribution in [2.45, 2.75) is 58.2 Å². The number of aromatic nitrogens is 6. The van der Waals surface area contributed by atoms with Crippen molar-refractivity contribution in [1.29, 1.82) is 0 Å². The third-order valence-corrected chi connectivity index (χ3v) is 6.17. The summed E-state index contributed by atoms with van der Waals surface area (Å²) in [7, 11) is 0. The molecule has 0 bridgehead atoms. The first-order valence-corrected chi connectivity index (χ1v) is 12.0. The third kappa shape index (κ3) is 4.90. The second kappa shape index (κ2) is 9.70. The van der Waals surface area contributed by atoms with E-state index in [2.05, 4.69) is 19.9 Å². The molecule has 8 nitrogen and oxygen atoms in total. The van der Waals surface area contributed by atoms with Gasteiger partial charge in [-0.05, 0) is 50.3 Å². The second-order valence-corrected chi connectivity index (χ2v) is 9.22. The smallest absolute Gasteiger partial charge is 0.434 e. The lowest BCUT2D eigenvalue weighted by Crippen LogP contribution is -2.17. The van der Waals surface area contributed by atoms with Crippen LogP contribution in [0.2, 0.25) is 5.28 Å². The Bertz CT molecular complexity index is 1360. The zero-order valence-corrected chi connectivity index (χ0v) is 20.4. The molecule has 12 heteroatoms. The third-order valence-electron chi connectivity index (χ3n) is 6.00. The molecule has 1 atom stereocenters. The van der Waals surface area contributed by atoms with E-state index in [4.69, 9.17) is 21.1 Å². The van der Waals surface area contributed by atoms with Gasteiger partial charge in [0.15, 0.2) is 16.9 Å². The number of hydrogen-bond donors (Lipinski definition) is 0. The molecule has 1 aliphatic heterocycles. The van der Waals surface area contributed by atoms with Gasteiger partial charge in [-0.2, -0.15) is 23.1 Å². The average Bonchev–Trinajstić information content (AvgIpc) is 3.49. The van der Waals surface area contributed by atoms with Crippen LogP contribution in [0.15, 0.2) is 36.8 Å². The summed E-state index contributed by atoms with van der Waals surface area (Å²) in [4.78, 5) is 16.6. The molecule has 1 fully saturated rings. The molecule has 5 rings (SSSR count). The first-order chi connectivity index (χ1) is 17.2. The molecule has 1 aliphatic rings. The summed E-state index contributed by atoms with van der Waals surface area (Å²) in [6, 6.07) is 6.83. The van der Waals surface area contributed by atoms with Crippen LogP contribution in [0.1, 0.15) is 56.6 Å². The van der Waals surface area contributed by atoms with Crippen molar-refractivity contribution in [3.05, 3.63) is 53.3 Å². The summed E-state index contributed by atoms with van der Waals surface area (Å²) < 4.78 is 54.9. The van der Waals surface area contributed by atoms with Gasteiger partial charge in [0.05, 0.1) is 6.33 Å². The second-order valence-electron chi connectivity index (χ2n) is 8.88. The Morgan fingerprint density at radius 2 is 1.92 bits per heavy atom. The number of alkyl halides is 3. The van der Waals surface area contributed by atoms with Crippen molar-refractivity contribution >= 4 is 22.8 Å². The number of fused-ring (bicyclic) bond motifs is 1. The molecule has 1 unspecified atom stereocenters. The maximum atomic E-state index is 13.2. The van der Waals surface area contributed by atoms with Crippen molar-refractivity contribution in [3.8, 4) is 17.3 Å². The minimum atomic E-state index is -4.51. The topological polar surface area (TPSA) is 79.9 Å². The van der Waals surface area contributed by atoms with E-state index < -0.39 is 11.9 Å². The fourth-order valence-electron chi connectivity index (χ4n) is 4.19. The maximum absolute atomic E-state index is 13.2. The largest absolute Gasteiger partial charge is 0.471 e. The molecule has 1 aromatic carbocycles. The van der Waals surface area contributed by atoms with Crippen LogP contribution in [0.5, 0.6) is 5.88 Å². The molecule has 1 saturated heterocycles. The van der Waals surface area contributed by atoms with Crippen LogP contribution < -0.4 is 4.74 Å². The normalized spacial score (nSPS) is 16.7. The Hall–Kier alpha value is -3.18. The molecule has 4 aromatic rings. The molecule has 190 valence electrons. The molecule has 36 heavy (non-hydrogen) atoms. The highest BCUT2D eigenvalue weighted by Gasteiger charge is 2.35. The van der Waals surface area contributed by atoms with E-state index in [-0.39, 0.29) is 35.9 Å². The van der Waals surface area contributed by atoms with Crippen LogP contribution in [-0.2, 0) is 17.5 Å². The molecular formula is C24H24ClF3N6O2. The number of benzene rings is 1. The predicted octanol–water partition coefficient (Wildman–Crippen LogP) is 6.22. The summed E-state index contributed by atoms with van der Waals surface area (Å²) in [5, 5.41) is 0.0173. The van der Waals surface area contributed by atoms with E-state index in [9.17, 15) is 13.2 Å². The van der Waals surface area contributed by atoms with Crippen molar-refractivity contribution in [2.24, 2.45) is 0 Å². The van der Waals surface area contributed by atoms with Gasteiger partial charge >= 0.3 is 6.18 Å². The number of halogens is 4. The lowest BCUT2D eigenvalue weighted by Gasteiger charge is -2.24. The van der Waals surface area contributed by atoms with Crippen LogP contribution in [0, 0.1) is 0 Å². The SMILES string of the molecule is CC(C)n1cc(C(F)(F)F)nc1-c1ccc(COc2nc(Cl)nc3ncn(C4CCCCO4)c23)cc1. The molecule has 0 aliphatic carbocycles. The highest BCUT2D eigenvalue weighted by Crippen LogP contribution is 2.33. The Balaban J connectivity index is 1.38. The number of rotatable bonds is 6. The van der Waals surface area contributed by atoms with Gasteiger partial charge in [-0.1, -0.05) is 24.3 Å². The summed E-state index contributed by atoms with van der Waals surface area (Å²) in [5.74, 6) is 0.538. The van der Waals surface area contributed by atoms with Crippen LogP contribution >= 0.6 is 11.6 Å². The molecular weight excluding hydrogens is 497 g/mol. The predicted molar refractivity (Wildman–Crippen MR) is 127 cm³/mol. The van der Waals surface area contributed by atoms with Gasteiger partial charge in [0, 0.05) is 24.4 Å². The molecule has 0 radical (unpaired) electrons. The number of ether oxygens (including phenoxy) is 2. The van der Waals surface area contributed by atoms with E-state index in [1.54, 1.807) is 30.6 Å². The molecule has 0 spiro atoms. The number of hydrogen-bond acceptors (Lipinski definition) is 6. The lowest BCUT2D eigenvalue weighted by molar-refractivity contribution is -0.140. The van der Waals surface area contributed by atoms with Crippen LogP contribution in [0.25, 0.3) is 22.6 Å². The van der Waals surface area contributed by atoms with E-state index >= 15 is 0 Å². The van der Waals surface area contributed by atoms with Crippen LogP contribution in [-0.4, -0.2) is 35.7 Å². The van der Waals surface area contributed by atoms with Crippen LogP contribution in [0.3, 0.4) is 0 Å². The monoisotopic (exact) mass is 520 g/mol. The van der Waals surface area contributed by atoms with Crippen molar-refractivity contribution in [3.63, 3.8) is 0 Å². The molecule has 0 saturated carbocycles. The Morgan fingerprint density at radius 1 is 1.14 bits per heavy atom. The lowest BCUT2D eigenvalue weighted by atomic mass is 10.1. The van der Waals surface area contributed by atoms with Crippen molar-refractivity contribution < 1.29 is 22.6 Å². The first-order valence-electron chi connectivity index (χ1n) is 11.6. The zero-order valence-electron chi connectivity index (χ0n) is 19.7. The molecule has 0 amide bonds. The molecule has 0 N–H and O–H groups in total. The summed E-state index contributed by atoms with van der Waals surface area (Å²) >= 11 is 6.09. The van der Waals surface area contributed by atoms with E-state index in [1.807, 2.05) is 18.4 Å². The minimum absolute atomic E-state index is 0.0173. The quantitative estimate of drug-likeness (QED) is 0.281. The average molecular weight is 521 g/mol. The highest BCUT2D eigenvalue weighted by molar-refractivity contribution is 6.28. The van der Waals surface area contributed by atoms with Gasteiger partial charge in [-0.25, -0.2) is 9.97 Å². The molecule has 4 heterocycles. The fraction of sp³-hybridized carbons (Fsp3) is 0.417. The van der Waals surface area contributed by atoms with Crippen molar-refractivity contribution in [2.75, 3.05) is 6.61 Å². The highest BCUT2D eigenvalue weighted by atomic mass is 35.5. The summed E-state index contributed by atoms with van der Waals surface area (Å²) in [6.45, 7) is 4.45. The van der Waals surface area contributed by atoms with Gasteiger partial charge in [-0.15, -0.1) is 0 Å². The number of nitrogens with zero attached hydrogens (tertiary/aromatic N) is 6. The zero-order chi connectivity index (χ0) is 25.4.